The van der Waals surface area contributed by atoms with Gasteiger partial charge in [0.1, 0.15) is 22.2 Å². The maximum absolute atomic E-state index is 12.1. The van der Waals surface area contributed by atoms with Gasteiger partial charge in [0.25, 0.3) is 5.91 Å². The first kappa shape index (κ1) is 20.3. The van der Waals surface area contributed by atoms with Gasteiger partial charge in [0.15, 0.2) is 0 Å². The van der Waals surface area contributed by atoms with Gasteiger partial charge in [-0.05, 0) is 46.2 Å². The number of hydrogen-bond acceptors (Lipinski definition) is 7. The summed E-state index contributed by atoms with van der Waals surface area (Å²) in [7, 11) is 0. The van der Waals surface area contributed by atoms with Crippen LogP contribution >= 0.6 is 23.1 Å². The molecule has 0 aromatic carbocycles. The van der Waals surface area contributed by atoms with Crippen molar-refractivity contribution in [3.63, 3.8) is 0 Å². The molecule has 28 heavy (non-hydrogen) atoms. The lowest BCUT2D eigenvalue weighted by atomic mass is 10.2. The van der Waals surface area contributed by atoms with Gasteiger partial charge >= 0.3 is 0 Å². The summed E-state index contributed by atoms with van der Waals surface area (Å²) >= 11 is 2.96. The number of carbonyl (C=O) groups is 2. The fourth-order valence-corrected chi connectivity index (χ4v) is 4.81. The number of thioether (sulfide) groups is 1. The quantitative estimate of drug-likeness (QED) is 0.375. The van der Waals surface area contributed by atoms with Gasteiger partial charge in [-0.25, -0.2) is 9.97 Å². The molecule has 0 aliphatic heterocycles. The van der Waals surface area contributed by atoms with Gasteiger partial charge in [-0.3, -0.25) is 25.1 Å². The standard InChI is InChI=1S/C18H22N6O2S2/c1-9-6-10(2)24(23-9)7-14(25)21-22-15(26)8-27-17-16-11(3)12(4)28-18(16)20-13(5)19-17/h6H,7-8H2,1-5H3,(H,21,25)(H,22,26). The van der Waals surface area contributed by atoms with Crippen molar-refractivity contribution in [3.8, 4) is 0 Å². The highest BCUT2D eigenvalue weighted by molar-refractivity contribution is 8.00. The number of nitrogens with one attached hydrogen (secondary N) is 2. The van der Waals surface area contributed by atoms with Crippen LogP contribution in [0.15, 0.2) is 11.1 Å². The van der Waals surface area contributed by atoms with Crippen LogP contribution in [0, 0.1) is 34.6 Å². The Kier molecular flexibility index (Phi) is 5.99. The van der Waals surface area contributed by atoms with Crippen molar-refractivity contribution >= 4 is 45.1 Å². The molecule has 3 aromatic heterocycles. The molecular formula is C18H22N6O2S2. The molecule has 0 spiro atoms. The fourth-order valence-electron chi connectivity index (χ4n) is 2.74. The number of aromatic nitrogens is 4. The van der Waals surface area contributed by atoms with E-state index >= 15 is 0 Å². The average Bonchev–Trinajstić information content (AvgIpc) is 3.08. The summed E-state index contributed by atoms with van der Waals surface area (Å²) in [5.74, 6) is 0.171. The topological polar surface area (TPSA) is 102 Å². The van der Waals surface area contributed by atoms with E-state index in [9.17, 15) is 9.59 Å². The molecule has 3 heterocycles. The zero-order valence-electron chi connectivity index (χ0n) is 16.4. The number of hydrazine groups is 1. The normalized spacial score (nSPS) is 11.0. The SMILES string of the molecule is Cc1cc(C)n(CC(=O)NNC(=O)CSc2nc(C)nc3sc(C)c(C)c23)n1. The Morgan fingerprint density at radius 2 is 1.82 bits per heavy atom. The maximum Gasteiger partial charge on any atom is 0.260 e. The molecule has 0 fully saturated rings. The first-order valence-electron chi connectivity index (χ1n) is 8.70. The van der Waals surface area contributed by atoms with Crippen molar-refractivity contribution in [1.82, 2.24) is 30.6 Å². The zero-order chi connectivity index (χ0) is 20.4. The summed E-state index contributed by atoms with van der Waals surface area (Å²) in [6, 6.07) is 1.89. The van der Waals surface area contributed by atoms with Crippen molar-refractivity contribution in [2.24, 2.45) is 0 Å². The Balaban J connectivity index is 1.57. The van der Waals surface area contributed by atoms with E-state index in [1.54, 1.807) is 16.0 Å². The lowest BCUT2D eigenvalue weighted by Crippen LogP contribution is -2.44. The Hall–Kier alpha value is -2.46. The molecule has 0 saturated carbocycles. The smallest absolute Gasteiger partial charge is 0.260 e. The summed E-state index contributed by atoms with van der Waals surface area (Å²) in [6.45, 7) is 9.72. The second-order valence-corrected chi connectivity index (χ2v) is 8.68. The monoisotopic (exact) mass is 418 g/mol. The number of rotatable bonds is 5. The van der Waals surface area contributed by atoms with Crippen LogP contribution in [0.4, 0.5) is 0 Å². The van der Waals surface area contributed by atoms with Crippen LogP contribution in [0.25, 0.3) is 10.2 Å². The first-order valence-corrected chi connectivity index (χ1v) is 10.5. The minimum Gasteiger partial charge on any atom is -0.272 e. The molecule has 0 aliphatic carbocycles. The number of aryl methyl sites for hydroxylation is 5. The third-order valence-electron chi connectivity index (χ3n) is 4.19. The molecule has 2 amide bonds. The van der Waals surface area contributed by atoms with Crippen LogP contribution in [-0.2, 0) is 16.1 Å². The molecule has 148 valence electrons. The third-order valence-corrected chi connectivity index (χ3v) is 6.26. The Morgan fingerprint density at radius 1 is 1.11 bits per heavy atom. The molecule has 0 unspecified atom stereocenters. The van der Waals surface area contributed by atoms with Gasteiger partial charge in [-0.15, -0.1) is 11.3 Å². The summed E-state index contributed by atoms with van der Waals surface area (Å²) in [4.78, 5) is 35.3. The minimum atomic E-state index is -0.339. The predicted octanol–water partition coefficient (Wildman–Crippen LogP) is 2.37. The second kappa shape index (κ2) is 8.27. The molecule has 10 heteroatoms. The number of thiophene rings is 1. The van der Waals surface area contributed by atoms with E-state index in [2.05, 4.69) is 32.8 Å². The van der Waals surface area contributed by atoms with E-state index in [1.165, 1.54) is 16.6 Å². The zero-order valence-corrected chi connectivity index (χ0v) is 18.0. The minimum absolute atomic E-state index is 0.0478. The summed E-state index contributed by atoms with van der Waals surface area (Å²) in [5, 5.41) is 6.01. The number of fused-ring (bicyclic) bond motifs is 1. The molecule has 3 aromatic rings. The van der Waals surface area contributed by atoms with Crippen LogP contribution in [0.5, 0.6) is 0 Å². The largest absolute Gasteiger partial charge is 0.272 e. The van der Waals surface area contributed by atoms with Crippen LogP contribution in [-0.4, -0.2) is 37.3 Å². The predicted molar refractivity (Wildman–Crippen MR) is 110 cm³/mol. The van der Waals surface area contributed by atoms with Gasteiger partial charge in [0.05, 0.1) is 11.4 Å². The molecular weight excluding hydrogens is 396 g/mol. The van der Waals surface area contributed by atoms with Crippen molar-refractivity contribution in [3.05, 3.63) is 33.7 Å². The van der Waals surface area contributed by atoms with Crippen LogP contribution < -0.4 is 10.9 Å². The van der Waals surface area contributed by atoms with E-state index in [-0.39, 0.29) is 24.1 Å². The van der Waals surface area contributed by atoms with Crippen molar-refractivity contribution in [2.45, 2.75) is 46.2 Å². The molecule has 0 aliphatic rings. The van der Waals surface area contributed by atoms with Gasteiger partial charge in [0.2, 0.25) is 5.91 Å². The van der Waals surface area contributed by atoms with E-state index < -0.39 is 0 Å². The lowest BCUT2D eigenvalue weighted by Gasteiger charge is -2.09. The Morgan fingerprint density at radius 3 is 2.50 bits per heavy atom. The van der Waals surface area contributed by atoms with E-state index in [4.69, 9.17) is 0 Å². The number of amides is 2. The molecule has 0 radical (unpaired) electrons. The molecule has 8 nitrogen and oxygen atoms in total. The number of hydrogen-bond donors (Lipinski definition) is 2. The Labute approximate surface area is 171 Å². The van der Waals surface area contributed by atoms with Crippen LogP contribution in [0.1, 0.15) is 27.7 Å². The van der Waals surface area contributed by atoms with Crippen LogP contribution in [0.3, 0.4) is 0 Å². The molecule has 0 bridgehead atoms. The summed E-state index contributed by atoms with van der Waals surface area (Å²) in [6.07, 6.45) is 0. The van der Waals surface area contributed by atoms with E-state index in [0.29, 0.717) is 5.82 Å². The fraction of sp³-hybridized carbons (Fsp3) is 0.389. The average molecular weight is 419 g/mol. The number of carbonyl (C=O) groups excluding carboxylic acids is 2. The third kappa shape index (κ3) is 4.50. The van der Waals surface area contributed by atoms with Crippen molar-refractivity contribution < 1.29 is 9.59 Å². The molecule has 3 rings (SSSR count). The van der Waals surface area contributed by atoms with E-state index in [1.807, 2.05) is 33.8 Å². The van der Waals surface area contributed by atoms with Gasteiger partial charge in [-0.1, -0.05) is 11.8 Å². The molecule has 2 N–H and O–H groups in total. The highest BCUT2D eigenvalue weighted by Gasteiger charge is 2.15. The molecule has 0 atom stereocenters. The van der Waals surface area contributed by atoms with Crippen molar-refractivity contribution in [1.29, 1.82) is 0 Å². The van der Waals surface area contributed by atoms with E-state index in [0.717, 1.165) is 32.2 Å². The van der Waals surface area contributed by atoms with Crippen LogP contribution in [0.2, 0.25) is 0 Å². The van der Waals surface area contributed by atoms with Gasteiger partial charge < -0.3 is 0 Å². The first-order chi connectivity index (χ1) is 13.2. The summed E-state index contributed by atoms with van der Waals surface area (Å²) in [5.41, 5.74) is 7.74. The molecule has 0 saturated heterocycles. The van der Waals surface area contributed by atoms with Crippen molar-refractivity contribution in [2.75, 3.05) is 5.75 Å². The second-order valence-electron chi connectivity index (χ2n) is 6.51. The maximum atomic E-state index is 12.1. The highest BCUT2D eigenvalue weighted by atomic mass is 32.2. The number of nitrogens with zero attached hydrogens (tertiary/aromatic N) is 4. The summed E-state index contributed by atoms with van der Waals surface area (Å²) < 4.78 is 1.59. The van der Waals surface area contributed by atoms with Gasteiger partial charge in [0, 0.05) is 16.0 Å². The Bertz CT molecular complexity index is 1060. The highest BCUT2D eigenvalue weighted by Crippen LogP contribution is 2.34. The van der Waals surface area contributed by atoms with Gasteiger partial charge in [-0.2, -0.15) is 5.10 Å². The lowest BCUT2D eigenvalue weighted by molar-refractivity contribution is -0.128.